The van der Waals surface area contributed by atoms with Gasteiger partial charge in [-0.1, -0.05) is 60.4 Å². The summed E-state index contributed by atoms with van der Waals surface area (Å²) in [6.45, 7) is 0. The lowest BCUT2D eigenvalue weighted by molar-refractivity contribution is 1.07. The van der Waals surface area contributed by atoms with Gasteiger partial charge in [0.25, 0.3) is 0 Å². The third kappa shape index (κ3) is 2.61. The quantitative estimate of drug-likeness (QED) is 0.714. The van der Waals surface area contributed by atoms with E-state index in [1.165, 1.54) is 0 Å². The summed E-state index contributed by atoms with van der Waals surface area (Å²) in [4.78, 5) is 11.6. The van der Waals surface area contributed by atoms with Crippen molar-refractivity contribution in [1.82, 2.24) is 15.0 Å². The molecule has 0 N–H and O–H groups in total. The molecule has 1 aromatic heterocycles. The number of rotatable bonds is 2. The van der Waals surface area contributed by atoms with Crippen LogP contribution in [0.3, 0.4) is 0 Å². The van der Waals surface area contributed by atoms with Crippen molar-refractivity contribution in [3.05, 3.63) is 65.7 Å². The summed E-state index contributed by atoms with van der Waals surface area (Å²) in [6, 6.07) is -5.96. The van der Waals surface area contributed by atoms with E-state index >= 15 is 0 Å². The molecule has 0 fully saturated rings. The molecule has 0 aliphatic rings. The van der Waals surface area contributed by atoms with Gasteiger partial charge in [-0.3, -0.25) is 0 Å². The van der Waals surface area contributed by atoms with Crippen molar-refractivity contribution < 1.29 is 13.7 Å². The van der Waals surface area contributed by atoms with Crippen molar-refractivity contribution in [2.45, 2.75) is 0 Å². The average Bonchev–Trinajstić information content (AvgIpc) is 2.67. The predicted molar refractivity (Wildman–Crippen MR) is 75.7 cm³/mol. The van der Waals surface area contributed by atoms with Gasteiger partial charge in [-0.25, -0.2) is 4.98 Å². The minimum Gasteiger partial charge on any atom is -0.208 e. The monoisotopic (exact) mass is 277 g/mol. The molecule has 0 spiro atoms. The Labute approximate surface area is 130 Å². The van der Waals surface area contributed by atoms with Crippen molar-refractivity contribution in [3.63, 3.8) is 0 Å². The van der Waals surface area contributed by atoms with E-state index in [1.54, 1.807) is 0 Å². The molecule has 2 aromatic carbocycles. The first-order valence-electron chi connectivity index (χ1n) is 10.0. The van der Waals surface area contributed by atoms with Gasteiger partial charge in [0.2, 0.25) is 5.28 Å². The van der Waals surface area contributed by atoms with E-state index in [4.69, 9.17) is 25.3 Å². The summed E-state index contributed by atoms with van der Waals surface area (Å²) in [5.41, 5.74) is -0.706. The van der Waals surface area contributed by atoms with Crippen LogP contribution < -0.4 is 0 Å². The Hall–Kier alpha value is -2.26. The van der Waals surface area contributed by atoms with Crippen LogP contribution in [-0.4, -0.2) is 15.0 Å². The fraction of sp³-hybridized carbons (Fsp3) is 0. The van der Waals surface area contributed by atoms with E-state index in [1.807, 2.05) is 0 Å². The van der Waals surface area contributed by atoms with Crippen LogP contribution in [0.2, 0.25) is 5.28 Å². The highest BCUT2D eigenvalue weighted by Crippen LogP contribution is 2.21. The van der Waals surface area contributed by atoms with E-state index in [-0.39, 0.29) is 22.8 Å². The maximum atomic E-state index is 8.02. The Morgan fingerprint density at radius 2 is 1.11 bits per heavy atom. The highest BCUT2D eigenvalue weighted by atomic mass is 35.5. The van der Waals surface area contributed by atoms with Crippen LogP contribution in [0, 0.1) is 0 Å². The number of aromatic nitrogens is 3. The minimum atomic E-state index is -0.609. The molecule has 4 heteroatoms. The second-order valence-electron chi connectivity index (χ2n) is 3.25. The first kappa shape index (κ1) is 5.02. The fourth-order valence-electron chi connectivity index (χ4n) is 1.30. The second kappa shape index (κ2) is 5.16. The first-order valence-corrected chi connectivity index (χ1v) is 5.41. The smallest absolute Gasteiger partial charge is 0.208 e. The minimum absolute atomic E-state index is 0.353. The molecule has 0 bridgehead atoms. The molecule has 3 nitrogen and oxygen atoms in total. The normalized spacial score (nSPS) is 17.7. The third-order valence-electron chi connectivity index (χ3n) is 2.06. The van der Waals surface area contributed by atoms with Gasteiger partial charge in [-0.05, 0) is 11.6 Å². The van der Waals surface area contributed by atoms with Gasteiger partial charge < -0.3 is 0 Å². The molecule has 1 heterocycles. The average molecular weight is 278 g/mol. The van der Waals surface area contributed by atoms with Crippen molar-refractivity contribution in [2.75, 3.05) is 0 Å². The van der Waals surface area contributed by atoms with Gasteiger partial charge in [0, 0.05) is 11.1 Å². The van der Waals surface area contributed by atoms with Gasteiger partial charge in [0.05, 0.1) is 13.7 Å². The zero-order valence-corrected chi connectivity index (χ0v) is 9.98. The molecular weight excluding hydrogens is 258 g/mol. The van der Waals surface area contributed by atoms with Crippen molar-refractivity contribution in [2.24, 2.45) is 0 Å². The largest absolute Gasteiger partial charge is 0.226 e. The Bertz CT molecular complexity index is 1040. The topological polar surface area (TPSA) is 38.7 Å². The van der Waals surface area contributed by atoms with Gasteiger partial charge in [-0.2, -0.15) is 9.97 Å². The maximum absolute atomic E-state index is 8.02. The van der Waals surface area contributed by atoms with Gasteiger partial charge >= 0.3 is 0 Å². The zero-order valence-electron chi connectivity index (χ0n) is 19.2. The lowest BCUT2D eigenvalue weighted by atomic mass is 10.2. The van der Waals surface area contributed by atoms with Crippen LogP contribution in [0.15, 0.2) is 60.4 Å². The summed E-state index contributed by atoms with van der Waals surface area (Å²) >= 11 is 5.91. The molecule has 3 aromatic rings. The van der Waals surface area contributed by atoms with Crippen molar-refractivity contribution in [3.8, 4) is 22.8 Å². The predicted octanol–water partition coefficient (Wildman–Crippen LogP) is 3.86. The highest BCUT2D eigenvalue weighted by molar-refractivity contribution is 6.28. The number of nitrogens with zero attached hydrogens (tertiary/aromatic N) is 3. The number of halogens is 1. The number of benzene rings is 2. The Balaban J connectivity index is 2.37. The van der Waals surface area contributed by atoms with Gasteiger partial charge in [0.1, 0.15) is 0 Å². The van der Waals surface area contributed by atoms with Crippen LogP contribution in [0.1, 0.15) is 13.7 Å². The van der Waals surface area contributed by atoms with Crippen LogP contribution in [0.5, 0.6) is 0 Å². The third-order valence-corrected chi connectivity index (χ3v) is 2.22. The Kier molecular flexibility index (Phi) is 1.36. The molecule has 0 atom stereocenters. The van der Waals surface area contributed by atoms with Crippen molar-refractivity contribution in [1.29, 1.82) is 0 Å². The fourth-order valence-corrected chi connectivity index (χ4v) is 1.46. The standard InChI is InChI=1S/C15H10ClN3/c16-15-18-13(11-7-3-1-4-8-11)17-14(19-15)12-9-5-2-6-10-12/h1-10H/i1D,2D,3D,4D,5D,6D,7D,8D,9D,10D. The van der Waals surface area contributed by atoms with Crippen molar-refractivity contribution >= 4 is 11.6 Å². The molecule has 0 radical (unpaired) electrons. The van der Waals surface area contributed by atoms with E-state index in [9.17, 15) is 0 Å². The van der Waals surface area contributed by atoms with E-state index in [2.05, 4.69) is 15.0 Å². The summed E-state index contributed by atoms with van der Waals surface area (Å²) in [7, 11) is 0. The van der Waals surface area contributed by atoms with Crippen LogP contribution >= 0.6 is 11.6 Å². The molecule has 0 saturated heterocycles. The van der Waals surface area contributed by atoms with E-state index in [0.717, 1.165) is 0 Å². The molecule has 0 aliphatic carbocycles. The Morgan fingerprint density at radius 1 is 0.684 bits per heavy atom. The summed E-state index contributed by atoms with van der Waals surface area (Å²) < 4.78 is 78.5. The molecule has 0 unspecified atom stereocenters. The molecule has 92 valence electrons. The maximum Gasteiger partial charge on any atom is 0.226 e. The summed E-state index contributed by atoms with van der Waals surface area (Å²) in [5, 5.41) is -0.441. The summed E-state index contributed by atoms with van der Waals surface area (Å²) in [5.74, 6) is -0.771. The first-order chi connectivity index (χ1) is 13.5. The molecule has 0 aliphatic heterocycles. The van der Waals surface area contributed by atoms with Crippen LogP contribution in [0.25, 0.3) is 22.8 Å². The second-order valence-corrected chi connectivity index (χ2v) is 3.59. The Morgan fingerprint density at radius 3 is 1.53 bits per heavy atom. The summed E-state index contributed by atoms with van der Waals surface area (Å²) in [6.07, 6.45) is 0. The van der Waals surface area contributed by atoms with Crippen LogP contribution in [-0.2, 0) is 0 Å². The molecule has 3 rings (SSSR count). The lowest BCUT2D eigenvalue weighted by Gasteiger charge is -2.04. The van der Waals surface area contributed by atoms with Gasteiger partial charge in [-0.15, -0.1) is 0 Å². The van der Waals surface area contributed by atoms with Gasteiger partial charge in [0.15, 0.2) is 11.6 Å². The number of hydrogen-bond donors (Lipinski definition) is 0. The molecule has 0 saturated carbocycles. The number of hydrogen-bond acceptors (Lipinski definition) is 3. The highest BCUT2D eigenvalue weighted by Gasteiger charge is 2.08. The van der Waals surface area contributed by atoms with E-state index < -0.39 is 65.7 Å². The lowest BCUT2D eigenvalue weighted by Crippen LogP contribution is -1.96. The van der Waals surface area contributed by atoms with E-state index in [0.29, 0.717) is 0 Å². The molecular formula is C15H10ClN3. The zero-order chi connectivity index (χ0) is 21.8. The molecule has 19 heavy (non-hydrogen) atoms. The SMILES string of the molecule is [2H]c1c([2H])c([2H])c(-c2nc(Cl)nc(-c3c([2H])c([2H])c([2H])c([2H])c3[2H])n2)c([2H])c1[2H]. The van der Waals surface area contributed by atoms with Crippen LogP contribution in [0.4, 0.5) is 0 Å². The molecule has 0 amide bonds.